The molecule has 1 heterocycles. The number of rotatable bonds is 1. The van der Waals surface area contributed by atoms with E-state index in [2.05, 4.69) is 5.32 Å². The SMILES string of the molecule is CC(C)(C)NC(=O)N1CCCC(C)(C)C1C(=O)O. The molecule has 5 heteroatoms. The van der Waals surface area contributed by atoms with Gasteiger partial charge in [0.05, 0.1) is 0 Å². The Hall–Kier alpha value is -1.26. The molecule has 0 aromatic carbocycles. The van der Waals surface area contributed by atoms with Gasteiger partial charge >= 0.3 is 12.0 Å². The van der Waals surface area contributed by atoms with E-state index in [1.54, 1.807) is 0 Å². The number of piperidine rings is 1. The van der Waals surface area contributed by atoms with E-state index >= 15 is 0 Å². The summed E-state index contributed by atoms with van der Waals surface area (Å²) >= 11 is 0. The fraction of sp³-hybridized carbons (Fsp3) is 0.846. The van der Waals surface area contributed by atoms with E-state index in [1.807, 2.05) is 34.6 Å². The van der Waals surface area contributed by atoms with Crippen LogP contribution in [0.5, 0.6) is 0 Å². The molecule has 0 spiro atoms. The van der Waals surface area contributed by atoms with E-state index in [1.165, 1.54) is 4.90 Å². The third-order valence-corrected chi connectivity index (χ3v) is 3.25. The van der Waals surface area contributed by atoms with Crippen LogP contribution in [0.3, 0.4) is 0 Å². The van der Waals surface area contributed by atoms with Gasteiger partial charge in [0.25, 0.3) is 0 Å². The highest BCUT2D eigenvalue weighted by Crippen LogP contribution is 2.35. The highest BCUT2D eigenvalue weighted by molar-refractivity contribution is 5.84. The van der Waals surface area contributed by atoms with Crippen LogP contribution in [0.15, 0.2) is 0 Å². The number of urea groups is 1. The molecular formula is C13H24N2O3. The molecule has 1 atom stereocenters. The molecule has 0 saturated carbocycles. The Labute approximate surface area is 109 Å². The number of hydrogen-bond donors (Lipinski definition) is 2. The minimum atomic E-state index is -0.927. The van der Waals surface area contributed by atoms with Gasteiger partial charge in [-0.2, -0.15) is 0 Å². The molecule has 0 bridgehead atoms. The maximum atomic E-state index is 12.2. The molecule has 1 unspecified atom stereocenters. The van der Waals surface area contributed by atoms with Crippen LogP contribution in [0.2, 0.25) is 0 Å². The first-order chi connectivity index (χ1) is 8.04. The van der Waals surface area contributed by atoms with Gasteiger partial charge in [0.2, 0.25) is 0 Å². The lowest BCUT2D eigenvalue weighted by Crippen LogP contribution is -2.60. The number of aliphatic carboxylic acids is 1. The molecule has 5 nitrogen and oxygen atoms in total. The van der Waals surface area contributed by atoms with Gasteiger partial charge in [0.15, 0.2) is 0 Å². The van der Waals surface area contributed by atoms with Crippen LogP contribution in [-0.4, -0.2) is 40.1 Å². The number of nitrogens with zero attached hydrogens (tertiary/aromatic N) is 1. The van der Waals surface area contributed by atoms with Crippen molar-refractivity contribution in [2.24, 2.45) is 5.41 Å². The van der Waals surface area contributed by atoms with E-state index in [0.717, 1.165) is 12.8 Å². The third kappa shape index (κ3) is 3.37. The molecule has 1 rings (SSSR count). The summed E-state index contributed by atoms with van der Waals surface area (Å²) in [5.41, 5.74) is -0.749. The molecule has 1 aliphatic rings. The van der Waals surface area contributed by atoms with Crippen molar-refractivity contribution in [2.75, 3.05) is 6.54 Å². The van der Waals surface area contributed by atoms with Crippen molar-refractivity contribution < 1.29 is 14.7 Å². The molecule has 1 aliphatic heterocycles. The quantitative estimate of drug-likeness (QED) is 0.754. The summed E-state index contributed by atoms with van der Waals surface area (Å²) in [5.74, 6) is -0.927. The summed E-state index contributed by atoms with van der Waals surface area (Å²) < 4.78 is 0. The first-order valence-corrected chi connectivity index (χ1v) is 6.36. The minimum Gasteiger partial charge on any atom is -0.480 e. The first-order valence-electron chi connectivity index (χ1n) is 6.36. The van der Waals surface area contributed by atoms with Crippen molar-refractivity contribution >= 4 is 12.0 Å². The zero-order valence-electron chi connectivity index (χ0n) is 11.9. The zero-order chi connectivity index (χ0) is 14.1. The summed E-state index contributed by atoms with van der Waals surface area (Å²) in [7, 11) is 0. The predicted molar refractivity (Wildman–Crippen MR) is 69.4 cm³/mol. The van der Waals surface area contributed by atoms with Gasteiger partial charge in [-0.25, -0.2) is 9.59 Å². The van der Waals surface area contributed by atoms with Crippen LogP contribution in [0, 0.1) is 5.41 Å². The van der Waals surface area contributed by atoms with Gasteiger partial charge in [-0.05, 0) is 39.0 Å². The van der Waals surface area contributed by atoms with Crippen molar-refractivity contribution in [1.29, 1.82) is 0 Å². The predicted octanol–water partition coefficient (Wildman–Crippen LogP) is 2.07. The molecule has 0 aliphatic carbocycles. The lowest BCUT2D eigenvalue weighted by molar-refractivity contribution is -0.148. The number of nitrogens with one attached hydrogen (secondary N) is 1. The lowest BCUT2D eigenvalue weighted by atomic mass is 9.76. The Balaban J connectivity index is 2.91. The zero-order valence-corrected chi connectivity index (χ0v) is 11.9. The number of carboxylic acids is 1. The smallest absolute Gasteiger partial charge is 0.327 e. The van der Waals surface area contributed by atoms with E-state index in [-0.39, 0.29) is 17.0 Å². The monoisotopic (exact) mass is 256 g/mol. The van der Waals surface area contributed by atoms with E-state index < -0.39 is 12.0 Å². The summed E-state index contributed by atoms with van der Waals surface area (Å²) in [6, 6.07) is -1.05. The van der Waals surface area contributed by atoms with Crippen molar-refractivity contribution in [2.45, 2.75) is 59.0 Å². The van der Waals surface area contributed by atoms with Crippen LogP contribution in [0.25, 0.3) is 0 Å². The number of carbonyl (C=O) groups is 2. The summed E-state index contributed by atoms with van der Waals surface area (Å²) in [6.45, 7) is 9.97. The molecule has 18 heavy (non-hydrogen) atoms. The van der Waals surface area contributed by atoms with Gasteiger partial charge in [-0.15, -0.1) is 0 Å². The average Bonchev–Trinajstić information content (AvgIpc) is 2.11. The Bertz CT molecular complexity index is 345. The number of carboxylic acid groups (broad SMARTS) is 1. The van der Waals surface area contributed by atoms with Crippen molar-refractivity contribution in [3.8, 4) is 0 Å². The molecule has 1 fully saturated rings. The second kappa shape index (κ2) is 4.78. The standard InChI is InChI=1S/C13H24N2O3/c1-12(2,3)14-11(18)15-8-6-7-13(4,5)9(15)10(16)17/h9H,6-8H2,1-5H3,(H,14,18)(H,16,17). The number of hydrogen-bond acceptors (Lipinski definition) is 2. The largest absolute Gasteiger partial charge is 0.480 e. The molecule has 2 N–H and O–H groups in total. The summed E-state index contributed by atoms with van der Waals surface area (Å²) in [5, 5.41) is 12.2. The topological polar surface area (TPSA) is 69.6 Å². The van der Waals surface area contributed by atoms with Crippen LogP contribution < -0.4 is 5.32 Å². The van der Waals surface area contributed by atoms with E-state index in [9.17, 15) is 14.7 Å². The molecule has 1 saturated heterocycles. The number of likely N-dealkylation sites (tertiary alicyclic amines) is 1. The van der Waals surface area contributed by atoms with Crippen molar-refractivity contribution in [3.63, 3.8) is 0 Å². The first kappa shape index (κ1) is 14.8. The van der Waals surface area contributed by atoms with Gasteiger partial charge in [-0.1, -0.05) is 13.8 Å². The summed E-state index contributed by atoms with van der Waals surface area (Å²) in [4.78, 5) is 25.1. The fourth-order valence-corrected chi connectivity index (χ4v) is 2.47. The van der Waals surface area contributed by atoms with Gasteiger partial charge in [-0.3, -0.25) is 0 Å². The third-order valence-electron chi connectivity index (χ3n) is 3.25. The molecule has 0 aromatic rings. The molecular weight excluding hydrogens is 232 g/mol. The van der Waals surface area contributed by atoms with Crippen LogP contribution in [0.4, 0.5) is 4.79 Å². The Morgan fingerprint density at radius 2 is 1.89 bits per heavy atom. The second-order valence-electron chi connectivity index (χ2n) is 6.71. The Kier molecular flexibility index (Phi) is 3.93. The highest BCUT2D eigenvalue weighted by Gasteiger charge is 2.44. The molecule has 2 amide bonds. The molecule has 104 valence electrons. The summed E-state index contributed by atoms with van der Waals surface area (Å²) in [6.07, 6.45) is 1.66. The lowest BCUT2D eigenvalue weighted by Gasteiger charge is -2.44. The maximum absolute atomic E-state index is 12.2. The van der Waals surface area contributed by atoms with Gasteiger partial charge in [0.1, 0.15) is 6.04 Å². The van der Waals surface area contributed by atoms with Crippen molar-refractivity contribution in [1.82, 2.24) is 10.2 Å². The minimum absolute atomic E-state index is 0.289. The number of amides is 2. The van der Waals surface area contributed by atoms with E-state index in [0.29, 0.717) is 6.54 Å². The normalized spacial score (nSPS) is 23.6. The average molecular weight is 256 g/mol. The number of carbonyl (C=O) groups excluding carboxylic acids is 1. The van der Waals surface area contributed by atoms with Crippen LogP contribution in [0.1, 0.15) is 47.5 Å². The Morgan fingerprint density at radius 1 is 1.33 bits per heavy atom. The Morgan fingerprint density at radius 3 is 2.33 bits per heavy atom. The maximum Gasteiger partial charge on any atom is 0.327 e. The highest BCUT2D eigenvalue weighted by atomic mass is 16.4. The molecule has 0 aromatic heterocycles. The second-order valence-corrected chi connectivity index (χ2v) is 6.71. The van der Waals surface area contributed by atoms with Crippen LogP contribution >= 0.6 is 0 Å². The fourth-order valence-electron chi connectivity index (χ4n) is 2.47. The van der Waals surface area contributed by atoms with Crippen LogP contribution in [-0.2, 0) is 4.79 Å². The van der Waals surface area contributed by atoms with Gasteiger partial charge < -0.3 is 15.3 Å². The van der Waals surface area contributed by atoms with E-state index in [4.69, 9.17) is 0 Å². The van der Waals surface area contributed by atoms with Crippen molar-refractivity contribution in [3.05, 3.63) is 0 Å². The van der Waals surface area contributed by atoms with Gasteiger partial charge in [0, 0.05) is 12.1 Å². The molecule has 0 radical (unpaired) electrons.